The molecule has 2 aromatic carbocycles. The Balaban J connectivity index is 1.75. The molecular weight excluding hydrogens is 389 g/mol. The predicted molar refractivity (Wildman–Crippen MR) is 107 cm³/mol. The van der Waals surface area contributed by atoms with Crippen LogP contribution < -0.4 is 0 Å². The van der Waals surface area contributed by atoms with Gasteiger partial charge < -0.3 is 9.52 Å². The van der Waals surface area contributed by atoms with Crippen LogP contribution >= 0.6 is 0 Å². The maximum Gasteiger partial charge on any atom is 0.305 e. The van der Waals surface area contributed by atoms with Crippen LogP contribution in [0.4, 0.5) is 4.39 Å². The maximum atomic E-state index is 14.0. The number of halogens is 1. The number of carboxylic acids is 1. The van der Waals surface area contributed by atoms with Crippen molar-refractivity contribution < 1.29 is 28.3 Å². The van der Waals surface area contributed by atoms with Gasteiger partial charge in [-0.2, -0.15) is 0 Å². The molecule has 150 valence electrons. The van der Waals surface area contributed by atoms with Gasteiger partial charge in [-0.25, -0.2) is 4.39 Å². The fraction of sp³-hybridized carbons (Fsp3) is 0.0870. The van der Waals surface area contributed by atoms with Crippen LogP contribution in [0.15, 0.2) is 65.1 Å². The number of imide groups is 1. The Morgan fingerprint density at radius 1 is 0.933 bits per heavy atom. The summed E-state index contributed by atoms with van der Waals surface area (Å²) < 4.78 is 19.7. The Bertz CT molecular complexity index is 1190. The highest BCUT2D eigenvalue weighted by molar-refractivity contribution is 6.33. The monoisotopic (exact) mass is 405 g/mol. The number of rotatable bonds is 5. The van der Waals surface area contributed by atoms with Crippen LogP contribution in [0.2, 0.25) is 0 Å². The lowest BCUT2D eigenvalue weighted by Gasteiger charge is -2.28. The topological polar surface area (TPSA) is 87.8 Å². The average Bonchev–Trinajstić information content (AvgIpc) is 3.19. The molecule has 1 aliphatic heterocycles. The molecule has 2 heterocycles. The van der Waals surface area contributed by atoms with E-state index in [1.807, 2.05) is 0 Å². The van der Waals surface area contributed by atoms with E-state index in [4.69, 9.17) is 9.52 Å². The lowest BCUT2D eigenvalue weighted by molar-refractivity contribution is -0.137. The molecule has 6 nitrogen and oxygen atoms in total. The number of amides is 2. The first-order valence-electron chi connectivity index (χ1n) is 9.19. The summed E-state index contributed by atoms with van der Waals surface area (Å²) in [6, 6.07) is 16.0. The summed E-state index contributed by atoms with van der Waals surface area (Å²) in [4.78, 5) is 37.5. The zero-order chi connectivity index (χ0) is 21.3. The lowest BCUT2D eigenvalue weighted by atomic mass is 9.93. The molecule has 0 saturated heterocycles. The third-order valence-electron chi connectivity index (χ3n) is 4.77. The molecule has 2 amide bonds. The molecule has 1 aliphatic rings. The van der Waals surface area contributed by atoms with Crippen LogP contribution in [0.3, 0.4) is 0 Å². The number of fused-ring (bicyclic) bond motifs is 1. The van der Waals surface area contributed by atoms with Crippen molar-refractivity contribution in [3.05, 3.63) is 83.4 Å². The van der Waals surface area contributed by atoms with E-state index >= 15 is 0 Å². The van der Waals surface area contributed by atoms with Gasteiger partial charge in [-0.1, -0.05) is 30.3 Å². The Morgan fingerprint density at radius 3 is 2.30 bits per heavy atom. The van der Waals surface area contributed by atoms with E-state index in [-0.39, 0.29) is 24.1 Å². The van der Waals surface area contributed by atoms with Crippen LogP contribution in [-0.4, -0.2) is 34.3 Å². The predicted octanol–water partition coefficient (Wildman–Crippen LogP) is 4.08. The van der Waals surface area contributed by atoms with Crippen molar-refractivity contribution in [2.24, 2.45) is 0 Å². The van der Waals surface area contributed by atoms with Crippen molar-refractivity contribution in [3.63, 3.8) is 0 Å². The Labute approximate surface area is 170 Å². The third-order valence-corrected chi connectivity index (χ3v) is 4.77. The number of carboxylic acid groups (broad SMARTS) is 1. The molecule has 0 fully saturated rings. The zero-order valence-electron chi connectivity index (χ0n) is 15.7. The van der Waals surface area contributed by atoms with Crippen LogP contribution in [0.25, 0.3) is 23.0 Å². The molecule has 0 radical (unpaired) electrons. The molecule has 7 heteroatoms. The first-order valence-corrected chi connectivity index (χ1v) is 9.19. The standard InChI is InChI=1S/C23H16FNO5/c24-19-8-4-3-7-17(19)20-10-9-14(30-20)13-18-15-5-1-2-6-16(15)22(28)25(23(18)29)12-11-21(26)27/h1-10,13H,11-12H2,(H,26,27). The van der Waals surface area contributed by atoms with E-state index in [1.54, 1.807) is 54.6 Å². The van der Waals surface area contributed by atoms with Crippen molar-refractivity contribution in [1.82, 2.24) is 4.90 Å². The largest absolute Gasteiger partial charge is 0.481 e. The second-order valence-corrected chi connectivity index (χ2v) is 6.69. The van der Waals surface area contributed by atoms with Gasteiger partial charge in [0.2, 0.25) is 0 Å². The molecule has 4 rings (SSSR count). The second kappa shape index (κ2) is 7.79. The summed E-state index contributed by atoms with van der Waals surface area (Å²) in [5.41, 5.74) is 1.22. The van der Waals surface area contributed by atoms with Crippen molar-refractivity contribution in [3.8, 4) is 11.3 Å². The molecule has 1 aromatic heterocycles. The SMILES string of the molecule is O=C(O)CCN1C(=O)C(=Cc2ccc(-c3ccccc3F)o2)c2ccccc2C1=O. The molecule has 0 saturated carbocycles. The van der Waals surface area contributed by atoms with Gasteiger partial charge in [0.15, 0.2) is 0 Å². The number of furan rings is 1. The summed E-state index contributed by atoms with van der Waals surface area (Å²) in [5.74, 6) is -2.09. The van der Waals surface area contributed by atoms with Crippen molar-refractivity contribution in [2.75, 3.05) is 6.54 Å². The summed E-state index contributed by atoms with van der Waals surface area (Å²) >= 11 is 0. The maximum absolute atomic E-state index is 14.0. The van der Waals surface area contributed by atoms with E-state index in [1.165, 1.54) is 12.1 Å². The molecular formula is C23H16FNO5. The third kappa shape index (κ3) is 3.53. The van der Waals surface area contributed by atoms with Crippen LogP contribution in [0.5, 0.6) is 0 Å². The highest BCUT2D eigenvalue weighted by atomic mass is 19.1. The average molecular weight is 405 g/mol. The number of benzene rings is 2. The van der Waals surface area contributed by atoms with Crippen molar-refractivity contribution in [2.45, 2.75) is 6.42 Å². The number of carbonyl (C=O) groups is 3. The minimum Gasteiger partial charge on any atom is -0.481 e. The number of nitrogens with zero attached hydrogens (tertiary/aromatic N) is 1. The first kappa shape index (κ1) is 19.3. The molecule has 30 heavy (non-hydrogen) atoms. The Kier molecular flexibility index (Phi) is 5.02. The molecule has 0 unspecified atom stereocenters. The Hall–Kier alpha value is -4.00. The lowest BCUT2D eigenvalue weighted by Crippen LogP contribution is -2.42. The van der Waals surface area contributed by atoms with Gasteiger partial charge in [-0.05, 0) is 36.4 Å². The minimum absolute atomic E-state index is 0.199. The zero-order valence-corrected chi connectivity index (χ0v) is 15.7. The van der Waals surface area contributed by atoms with E-state index in [9.17, 15) is 18.8 Å². The molecule has 0 aliphatic carbocycles. The van der Waals surface area contributed by atoms with Crippen LogP contribution in [0, 0.1) is 5.82 Å². The summed E-state index contributed by atoms with van der Waals surface area (Å²) in [6.07, 6.45) is 1.12. The van der Waals surface area contributed by atoms with Crippen molar-refractivity contribution in [1.29, 1.82) is 0 Å². The highest BCUT2D eigenvalue weighted by Gasteiger charge is 2.34. The van der Waals surface area contributed by atoms with E-state index in [2.05, 4.69) is 0 Å². The van der Waals surface area contributed by atoms with Crippen molar-refractivity contribution >= 4 is 29.4 Å². The summed E-state index contributed by atoms with van der Waals surface area (Å²) in [5, 5.41) is 8.94. The highest BCUT2D eigenvalue weighted by Crippen LogP contribution is 2.32. The number of hydrogen-bond donors (Lipinski definition) is 1. The summed E-state index contributed by atoms with van der Waals surface area (Å²) in [6.45, 7) is -0.239. The second-order valence-electron chi connectivity index (χ2n) is 6.69. The molecule has 1 N–H and O–H groups in total. The summed E-state index contributed by atoms with van der Waals surface area (Å²) in [7, 11) is 0. The normalized spacial score (nSPS) is 14.8. The number of aliphatic carboxylic acids is 1. The van der Waals surface area contributed by atoms with E-state index in [0.717, 1.165) is 4.90 Å². The van der Waals surface area contributed by atoms with Gasteiger partial charge in [0.05, 0.1) is 17.6 Å². The van der Waals surface area contributed by atoms with E-state index < -0.39 is 23.6 Å². The van der Waals surface area contributed by atoms with Gasteiger partial charge in [0.25, 0.3) is 11.8 Å². The minimum atomic E-state index is -1.11. The molecule has 0 spiro atoms. The number of hydrogen-bond acceptors (Lipinski definition) is 4. The molecule has 0 bridgehead atoms. The Morgan fingerprint density at radius 2 is 1.60 bits per heavy atom. The van der Waals surface area contributed by atoms with Gasteiger partial charge >= 0.3 is 5.97 Å². The van der Waals surface area contributed by atoms with E-state index in [0.29, 0.717) is 22.6 Å². The quantitative estimate of drug-likeness (QED) is 0.510. The smallest absolute Gasteiger partial charge is 0.305 e. The molecule has 0 atom stereocenters. The van der Waals surface area contributed by atoms with Crippen LogP contribution in [0.1, 0.15) is 28.1 Å². The van der Waals surface area contributed by atoms with Gasteiger partial charge in [0, 0.05) is 17.7 Å². The van der Waals surface area contributed by atoms with Gasteiger partial charge in [-0.15, -0.1) is 0 Å². The first-order chi connectivity index (χ1) is 14.5. The fourth-order valence-electron chi connectivity index (χ4n) is 3.33. The van der Waals surface area contributed by atoms with Gasteiger partial charge in [0.1, 0.15) is 17.3 Å². The number of carbonyl (C=O) groups excluding carboxylic acids is 2. The van der Waals surface area contributed by atoms with Crippen LogP contribution in [-0.2, 0) is 9.59 Å². The van der Waals surface area contributed by atoms with Gasteiger partial charge in [-0.3, -0.25) is 19.3 Å². The fourth-order valence-corrected chi connectivity index (χ4v) is 3.33. The molecule has 3 aromatic rings.